The fourth-order valence-electron chi connectivity index (χ4n) is 4.55. The molecule has 0 rings (SSSR count). The lowest BCUT2D eigenvalue weighted by Gasteiger charge is -2.18. The maximum Gasteiger partial charge on any atom is 0.469 e. The van der Waals surface area contributed by atoms with Crippen molar-refractivity contribution in [2.75, 3.05) is 13.2 Å². The molecular formula is C43H67O9P. The van der Waals surface area contributed by atoms with Gasteiger partial charge in [-0.3, -0.25) is 14.1 Å². The van der Waals surface area contributed by atoms with Gasteiger partial charge in [0.1, 0.15) is 6.61 Å². The molecule has 0 aromatic carbocycles. The number of ether oxygens (including phenoxy) is 2. The Balaban J connectivity index is 4.25. The Kier molecular flexibility index (Phi) is 34.7. The molecule has 0 aliphatic rings. The van der Waals surface area contributed by atoms with Crippen LogP contribution < -0.4 is 0 Å². The number of carbonyl (C=O) groups is 2. The minimum Gasteiger partial charge on any atom is -0.462 e. The highest BCUT2D eigenvalue weighted by Crippen LogP contribution is 2.35. The second-order valence-electron chi connectivity index (χ2n) is 12.3. The standard InChI is InChI=1S/C43H67O9P/c1-3-5-7-9-11-13-15-17-18-20-22-24-26-28-32-36-42(45)50-38-41(39-51-53(47,48)49)52-43(46)37-33-29-31-35-40(44)34-30-27-25-23-21-19-16-14-12-10-8-6-4-2/h5-8,11-14,17-19,21,25,27,29-31,34,40-41,44H,3-4,9-10,15-16,20,22-24,26,28,32-33,35-39H2,1-2H3,(H2,47,48,49)/b7-5-,8-6-,13-11-,14-12-,18-17-,21-19-,27-25-,31-29-,34-30-/t40?,41-/m1/s1. The van der Waals surface area contributed by atoms with E-state index in [4.69, 9.17) is 19.3 Å². The lowest BCUT2D eigenvalue weighted by molar-refractivity contribution is -0.161. The molecule has 53 heavy (non-hydrogen) atoms. The van der Waals surface area contributed by atoms with Crippen molar-refractivity contribution < 1.29 is 43.0 Å². The summed E-state index contributed by atoms with van der Waals surface area (Å²) < 4.78 is 26.2. The van der Waals surface area contributed by atoms with E-state index < -0.39 is 38.6 Å². The molecule has 0 aromatic rings. The van der Waals surface area contributed by atoms with Gasteiger partial charge in [-0.05, 0) is 77.0 Å². The van der Waals surface area contributed by atoms with Crippen LogP contribution in [0.1, 0.15) is 123 Å². The molecular weight excluding hydrogens is 691 g/mol. The van der Waals surface area contributed by atoms with Crippen molar-refractivity contribution in [2.45, 2.75) is 135 Å². The fourth-order valence-corrected chi connectivity index (χ4v) is 4.91. The molecule has 10 heteroatoms. The molecule has 298 valence electrons. The Morgan fingerprint density at radius 3 is 1.72 bits per heavy atom. The smallest absolute Gasteiger partial charge is 0.462 e. The summed E-state index contributed by atoms with van der Waals surface area (Å²) in [6, 6.07) is 0. The fraction of sp³-hybridized carbons (Fsp3) is 0.535. The molecule has 0 spiro atoms. The van der Waals surface area contributed by atoms with Crippen molar-refractivity contribution in [3.63, 3.8) is 0 Å². The number of phosphoric ester groups is 1. The number of hydrogen-bond acceptors (Lipinski definition) is 7. The molecule has 0 aromatic heterocycles. The minimum atomic E-state index is -4.81. The lowest BCUT2D eigenvalue weighted by Crippen LogP contribution is -2.29. The van der Waals surface area contributed by atoms with Crippen molar-refractivity contribution in [1.29, 1.82) is 0 Å². The number of esters is 2. The van der Waals surface area contributed by atoms with Gasteiger partial charge in [0.15, 0.2) is 6.10 Å². The molecule has 2 atom stereocenters. The molecule has 3 N–H and O–H groups in total. The van der Waals surface area contributed by atoms with Crippen LogP contribution in [0.15, 0.2) is 109 Å². The van der Waals surface area contributed by atoms with Gasteiger partial charge in [0.05, 0.1) is 12.7 Å². The third kappa shape index (κ3) is 39.7. The van der Waals surface area contributed by atoms with Gasteiger partial charge in [-0.15, -0.1) is 0 Å². The first-order valence-corrected chi connectivity index (χ1v) is 20.8. The van der Waals surface area contributed by atoms with Crippen LogP contribution in [0.5, 0.6) is 0 Å². The third-order valence-electron chi connectivity index (χ3n) is 7.38. The zero-order chi connectivity index (χ0) is 39.1. The molecule has 1 unspecified atom stereocenters. The molecule has 0 aliphatic carbocycles. The van der Waals surface area contributed by atoms with E-state index in [1.54, 1.807) is 24.3 Å². The van der Waals surface area contributed by atoms with Gasteiger partial charge in [-0.25, -0.2) is 4.57 Å². The molecule has 0 saturated heterocycles. The quantitative estimate of drug-likeness (QED) is 0.0196. The normalized spacial score (nSPS) is 14.3. The summed E-state index contributed by atoms with van der Waals surface area (Å²) in [5.74, 6) is -1.10. The zero-order valence-corrected chi connectivity index (χ0v) is 33.1. The number of rotatable bonds is 33. The number of allylic oxidation sites excluding steroid dienone is 16. The van der Waals surface area contributed by atoms with Crippen LogP contribution in [-0.4, -0.2) is 52.3 Å². The van der Waals surface area contributed by atoms with Crippen LogP contribution >= 0.6 is 7.82 Å². The van der Waals surface area contributed by atoms with Gasteiger partial charge in [0, 0.05) is 12.8 Å². The van der Waals surface area contributed by atoms with Gasteiger partial charge >= 0.3 is 19.8 Å². The zero-order valence-electron chi connectivity index (χ0n) is 32.2. The molecule has 0 aliphatic heterocycles. The maximum absolute atomic E-state index is 12.4. The highest BCUT2D eigenvalue weighted by Gasteiger charge is 2.22. The number of aliphatic hydroxyl groups excluding tert-OH is 1. The highest BCUT2D eigenvalue weighted by molar-refractivity contribution is 7.46. The molecule has 0 bridgehead atoms. The summed E-state index contributed by atoms with van der Waals surface area (Å²) in [5, 5.41) is 10.1. The number of unbranched alkanes of at least 4 members (excludes halogenated alkanes) is 5. The summed E-state index contributed by atoms with van der Waals surface area (Å²) in [6.45, 7) is 3.27. The lowest BCUT2D eigenvalue weighted by atomic mass is 10.1. The Morgan fingerprint density at radius 2 is 1.11 bits per heavy atom. The largest absolute Gasteiger partial charge is 0.469 e. The Labute approximate surface area is 319 Å². The van der Waals surface area contributed by atoms with Crippen LogP contribution in [-0.2, 0) is 28.2 Å². The Hall–Kier alpha value is -3.33. The van der Waals surface area contributed by atoms with Crippen LogP contribution in [0.3, 0.4) is 0 Å². The first kappa shape index (κ1) is 49.7. The highest BCUT2D eigenvalue weighted by atomic mass is 31.2. The van der Waals surface area contributed by atoms with E-state index >= 15 is 0 Å². The summed E-state index contributed by atoms with van der Waals surface area (Å²) >= 11 is 0. The molecule has 0 radical (unpaired) electrons. The summed E-state index contributed by atoms with van der Waals surface area (Å²) in [7, 11) is -4.81. The van der Waals surface area contributed by atoms with E-state index in [0.717, 1.165) is 77.0 Å². The number of phosphoric acid groups is 1. The molecule has 0 saturated carbocycles. The summed E-state index contributed by atoms with van der Waals surface area (Å²) in [5.41, 5.74) is 0. The van der Waals surface area contributed by atoms with Gasteiger partial charge < -0.3 is 24.4 Å². The third-order valence-corrected chi connectivity index (χ3v) is 7.87. The van der Waals surface area contributed by atoms with Gasteiger partial charge in [0.25, 0.3) is 0 Å². The second-order valence-corrected chi connectivity index (χ2v) is 13.6. The number of hydrogen-bond donors (Lipinski definition) is 3. The maximum atomic E-state index is 12.4. The molecule has 9 nitrogen and oxygen atoms in total. The van der Waals surface area contributed by atoms with Crippen LogP contribution in [0.4, 0.5) is 0 Å². The van der Waals surface area contributed by atoms with Gasteiger partial charge in [-0.2, -0.15) is 0 Å². The molecule has 0 fully saturated rings. The van der Waals surface area contributed by atoms with E-state index in [-0.39, 0.29) is 19.4 Å². The van der Waals surface area contributed by atoms with Crippen molar-refractivity contribution in [3.8, 4) is 0 Å². The van der Waals surface area contributed by atoms with E-state index in [0.29, 0.717) is 19.3 Å². The number of carbonyl (C=O) groups excluding carboxylic acids is 2. The van der Waals surface area contributed by atoms with Crippen molar-refractivity contribution >= 4 is 19.8 Å². The van der Waals surface area contributed by atoms with Crippen molar-refractivity contribution in [2.24, 2.45) is 0 Å². The van der Waals surface area contributed by atoms with E-state index in [1.165, 1.54) is 0 Å². The van der Waals surface area contributed by atoms with E-state index in [1.807, 2.05) is 12.2 Å². The molecule has 0 amide bonds. The predicted octanol–water partition coefficient (Wildman–Crippen LogP) is 10.6. The average Bonchev–Trinajstić information content (AvgIpc) is 3.12. The first-order chi connectivity index (χ1) is 25.7. The average molecular weight is 759 g/mol. The SMILES string of the molecule is CC/C=C\C/C=C\C/C=C\C/C=C\C=C/C(O)C/C=C\CCC(=O)O[C@H](COC(=O)CCCCCCC/C=C\C/C=C\C/C=C\CC)COP(=O)(O)O. The Morgan fingerprint density at radius 1 is 0.585 bits per heavy atom. The van der Waals surface area contributed by atoms with Crippen LogP contribution in [0.25, 0.3) is 0 Å². The van der Waals surface area contributed by atoms with Crippen LogP contribution in [0.2, 0.25) is 0 Å². The predicted molar refractivity (Wildman–Crippen MR) is 217 cm³/mol. The first-order valence-electron chi connectivity index (χ1n) is 19.3. The van der Waals surface area contributed by atoms with E-state index in [2.05, 4.69) is 91.3 Å². The van der Waals surface area contributed by atoms with Gasteiger partial charge in [-0.1, -0.05) is 142 Å². The molecule has 0 heterocycles. The van der Waals surface area contributed by atoms with E-state index in [9.17, 15) is 19.3 Å². The second kappa shape index (κ2) is 37.0. The number of aliphatic hydroxyl groups is 1. The topological polar surface area (TPSA) is 140 Å². The van der Waals surface area contributed by atoms with Crippen molar-refractivity contribution in [3.05, 3.63) is 109 Å². The van der Waals surface area contributed by atoms with Gasteiger partial charge in [0.2, 0.25) is 0 Å². The van der Waals surface area contributed by atoms with Crippen LogP contribution in [0, 0.1) is 0 Å². The monoisotopic (exact) mass is 758 g/mol. The Bertz CT molecular complexity index is 1230. The summed E-state index contributed by atoms with van der Waals surface area (Å²) in [6.07, 6.45) is 48.4. The summed E-state index contributed by atoms with van der Waals surface area (Å²) in [4.78, 5) is 42.7. The van der Waals surface area contributed by atoms with Crippen molar-refractivity contribution in [1.82, 2.24) is 0 Å². The minimum absolute atomic E-state index is 0.00543.